The van der Waals surface area contributed by atoms with E-state index in [1.807, 2.05) is 30.3 Å². The number of allylic oxidation sites excluding steroid dienone is 1. The summed E-state index contributed by atoms with van der Waals surface area (Å²) < 4.78 is 5.13. The number of nitrogens with one attached hydrogen (secondary N) is 1. The van der Waals surface area contributed by atoms with E-state index in [1.54, 1.807) is 12.5 Å². The van der Waals surface area contributed by atoms with Crippen molar-refractivity contribution in [3.63, 3.8) is 0 Å². The molecule has 1 aromatic carbocycles. The largest absolute Gasteiger partial charge is 0.504 e. The molecule has 8 heteroatoms. The van der Waals surface area contributed by atoms with E-state index in [9.17, 15) is 9.90 Å². The average molecular weight is 342 g/mol. The summed E-state index contributed by atoms with van der Waals surface area (Å²) in [6, 6.07) is 9.60. The molecule has 0 fully saturated rings. The van der Waals surface area contributed by atoms with Gasteiger partial charge in [-0.05, 0) is 29.0 Å². The number of ketones is 1. The second-order valence-electron chi connectivity index (χ2n) is 4.96. The number of hydrogen-bond donors (Lipinski definition) is 2. The van der Waals surface area contributed by atoms with Gasteiger partial charge < -0.3 is 9.84 Å². The highest BCUT2D eigenvalue weighted by molar-refractivity contribution is 7.10. The number of benzene rings is 1. The van der Waals surface area contributed by atoms with Crippen LogP contribution in [0.3, 0.4) is 0 Å². The van der Waals surface area contributed by atoms with Crippen molar-refractivity contribution in [2.75, 3.05) is 7.11 Å². The molecule has 3 aromatic rings. The predicted octanol–water partition coefficient (Wildman–Crippen LogP) is 2.64. The van der Waals surface area contributed by atoms with Gasteiger partial charge in [-0.3, -0.25) is 4.79 Å². The first-order valence-corrected chi connectivity index (χ1v) is 7.93. The Morgan fingerprint density at radius 3 is 2.83 bits per heavy atom. The molecule has 2 heterocycles. The number of tetrazole rings is 1. The van der Waals surface area contributed by atoms with Crippen molar-refractivity contribution in [2.24, 2.45) is 0 Å². The Balaban J connectivity index is 1.70. The van der Waals surface area contributed by atoms with Crippen molar-refractivity contribution in [1.82, 2.24) is 20.6 Å². The van der Waals surface area contributed by atoms with Gasteiger partial charge in [0.1, 0.15) is 5.75 Å². The van der Waals surface area contributed by atoms with Crippen LogP contribution in [0.25, 0.3) is 5.76 Å². The molecule has 122 valence electrons. The molecule has 0 aliphatic carbocycles. The van der Waals surface area contributed by atoms with E-state index in [0.717, 1.165) is 28.7 Å². The van der Waals surface area contributed by atoms with Crippen molar-refractivity contribution in [2.45, 2.75) is 6.42 Å². The van der Waals surface area contributed by atoms with Crippen LogP contribution >= 0.6 is 11.3 Å². The maximum absolute atomic E-state index is 12.2. The average Bonchev–Trinajstić information content (AvgIpc) is 3.27. The maximum Gasteiger partial charge on any atom is 0.239 e. The molecule has 0 spiro atoms. The molecule has 0 saturated carbocycles. The topological polar surface area (TPSA) is 101 Å². The Bertz CT molecular complexity index is 854. The number of methoxy groups -OCH3 is 1. The Morgan fingerprint density at radius 2 is 2.17 bits per heavy atom. The highest BCUT2D eigenvalue weighted by atomic mass is 32.1. The van der Waals surface area contributed by atoms with Crippen LogP contribution in [0.15, 0.2) is 41.8 Å². The number of carbonyl (C=O) groups excluding carboxylic acids is 1. The zero-order chi connectivity index (χ0) is 16.9. The summed E-state index contributed by atoms with van der Waals surface area (Å²) in [6.07, 6.45) is 1.81. The number of rotatable bonds is 6. The van der Waals surface area contributed by atoms with Crippen molar-refractivity contribution >= 4 is 22.9 Å². The first-order chi connectivity index (χ1) is 11.7. The van der Waals surface area contributed by atoms with Gasteiger partial charge >= 0.3 is 0 Å². The second-order valence-corrected chi connectivity index (χ2v) is 5.95. The molecule has 0 bridgehead atoms. The number of ether oxygens (including phenoxy) is 1. The van der Waals surface area contributed by atoms with Crippen LogP contribution in [0, 0.1) is 0 Å². The van der Waals surface area contributed by atoms with Crippen LogP contribution in [-0.2, 0) is 6.42 Å². The summed E-state index contributed by atoms with van der Waals surface area (Å²) in [5.74, 6) is 0.158. The lowest BCUT2D eigenvalue weighted by atomic mass is 10.1. The molecule has 0 amide bonds. The van der Waals surface area contributed by atoms with Crippen LogP contribution in [0.4, 0.5) is 0 Å². The SMILES string of the molecule is COc1ccc(Cc2cc(C(=O)C=C(O)c3nn[nH]n3)cs2)cc1. The fourth-order valence-electron chi connectivity index (χ4n) is 2.09. The fourth-order valence-corrected chi connectivity index (χ4v) is 3.00. The van der Waals surface area contributed by atoms with E-state index >= 15 is 0 Å². The Kier molecular flexibility index (Phi) is 4.66. The molecule has 24 heavy (non-hydrogen) atoms. The smallest absolute Gasteiger partial charge is 0.239 e. The van der Waals surface area contributed by atoms with E-state index in [4.69, 9.17) is 4.74 Å². The standard InChI is InChI=1S/C16H14N4O3S/c1-23-12-4-2-10(3-5-12)6-13-7-11(9-24-13)14(21)8-15(22)16-17-19-20-18-16/h2-5,7-9,22H,6H2,1H3,(H,17,18,19,20). The monoisotopic (exact) mass is 342 g/mol. The van der Waals surface area contributed by atoms with Gasteiger partial charge in [0, 0.05) is 28.3 Å². The molecule has 0 aliphatic heterocycles. The summed E-state index contributed by atoms with van der Waals surface area (Å²) in [4.78, 5) is 13.2. The molecule has 3 rings (SSSR count). The lowest BCUT2D eigenvalue weighted by molar-refractivity contribution is 0.104. The van der Waals surface area contributed by atoms with E-state index in [2.05, 4.69) is 20.6 Å². The number of aromatic nitrogens is 4. The number of H-pyrrole nitrogens is 1. The molecule has 0 aliphatic rings. The lowest BCUT2D eigenvalue weighted by Gasteiger charge is -2.01. The number of aliphatic hydroxyl groups excluding tert-OH is 1. The van der Waals surface area contributed by atoms with E-state index < -0.39 is 0 Å². The molecule has 0 saturated heterocycles. The summed E-state index contributed by atoms with van der Waals surface area (Å²) in [5, 5.41) is 24.3. The summed E-state index contributed by atoms with van der Waals surface area (Å²) in [6.45, 7) is 0. The quantitative estimate of drug-likeness (QED) is 0.406. The Morgan fingerprint density at radius 1 is 1.38 bits per heavy atom. The van der Waals surface area contributed by atoms with Crippen molar-refractivity contribution in [3.8, 4) is 5.75 Å². The minimum atomic E-state index is -0.323. The van der Waals surface area contributed by atoms with Crippen LogP contribution in [-0.4, -0.2) is 38.6 Å². The highest BCUT2D eigenvalue weighted by Crippen LogP contribution is 2.21. The summed E-state index contributed by atoms with van der Waals surface area (Å²) in [7, 11) is 1.63. The zero-order valence-electron chi connectivity index (χ0n) is 12.8. The van der Waals surface area contributed by atoms with Gasteiger partial charge in [-0.15, -0.1) is 21.5 Å². The summed E-state index contributed by atoms with van der Waals surface area (Å²) in [5.41, 5.74) is 1.64. The first-order valence-electron chi connectivity index (χ1n) is 7.05. The van der Waals surface area contributed by atoms with Gasteiger partial charge in [0.2, 0.25) is 5.82 Å². The minimum Gasteiger partial charge on any atom is -0.504 e. The third-order valence-corrected chi connectivity index (χ3v) is 4.25. The van der Waals surface area contributed by atoms with Crippen molar-refractivity contribution in [3.05, 3.63) is 63.6 Å². The first kappa shape index (κ1) is 15.9. The van der Waals surface area contributed by atoms with Gasteiger partial charge in [0.05, 0.1) is 7.11 Å². The molecule has 0 radical (unpaired) electrons. The van der Waals surface area contributed by atoms with Gasteiger partial charge in [-0.2, -0.15) is 5.21 Å². The molecule has 7 nitrogen and oxygen atoms in total. The van der Waals surface area contributed by atoms with Crippen LogP contribution in [0.2, 0.25) is 0 Å². The minimum absolute atomic E-state index is 0.0166. The van der Waals surface area contributed by atoms with Gasteiger partial charge in [-0.25, -0.2) is 0 Å². The molecule has 0 atom stereocenters. The van der Waals surface area contributed by atoms with E-state index in [1.165, 1.54) is 11.3 Å². The van der Waals surface area contributed by atoms with Crippen molar-refractivity contribution in [1.29, 1.82) is 0 Å². The molecule has 2 aromatic heterocycles. The number of hydrogen-bond acceptors (Lipinski definition) is 7. The Hall–Kier alpha value is -3.00. The molecular weight excluding hydrogens is 328 g/mol. The van der Waals surface area contributed by atoms with Crippen LogP contribution < -0.4 is 4.74 Å². The van der Waals surface area contributed by atoms with Gasteiger partial charge in [0.25, 0.3) is 0 Å². The number of thiophene rings is 1. The molecule has 2 N–H and O–H groups in total. The van der Waals surface area contributed by atoms with Crippen LogP contribution in [0.5, 0.6) is 5.75 Å². The lowest BCUT2D eigenvalue weighted by Crippen LogP contribution is -1.96. The molecular formula is C16H14N4O3S. The third-order valence-electron chi connectivity index (χ3n) is 3.32. The van der Waals surface area contributed by atoms with Crippen molar-refractivity contribution < 1.29 is 14.6 Å². The van der Waals surface area contributed by atoms with E-state index in [0.29, 0.717) is 5.56 Å². The molecule has 0 unspecified atom stereocenters. The normalized spacial score (nSPS) is 11.5. The fraction of sp³-hybridized carbons (Fsp3) is 0.125. The highest BCUT2D eigenvalue weighted by Gasteiger charge is 2.11. The van der Waals surface area contributed by atoms with Crippen LogP contribution in [0.1, 0.15) is 26.6 Å². The van der Waals surface area contributed by atoms with Gasteiger partial charge in [0.15, 0.2) is 11.5 Å². The Labute approximate surface area is 141 Å². The number of aliphatic hydroxyl groups is 1. The number of carbonyl (C=O) groups is 1. The van der Waals surface area contributed by atoms with E-state index in [-0.39, 0.29) is 17.4 Å². The summed E-state index contributed by atoms with van der Waals surface area (Å²) >= 11 is 1.49. The van der Waals surface area contributed by atoms with Gasteiger partial charge in [-0.1, -0.05) is 12.1 Å². The predicted molar refractivity (Wildman–Crippen MR) is 89.2 cm³/mol. The number of nitrogens with zero attached hydrogens (tertiary/aromatic N) is 3. The maximum atomic E-state index is 12.2. The number of aromatic amines is 1. The second kappa shape index (κ2) is 7.05. The third kappa shape index (κ3) is 3.66. The zero-order valence-corrected chi connectivity index (χ0v) is 13.6.